The van der Waals surface area contributed by atoms with Gasteiger partial charge in [0.15, 0.2) is 6.07 Å². The molecule has 29 heavy (non-hydrogen) atoms. The van der Waals surface area contributed by atoms with E-state index in [1.165, 1.54) is 0 Å². The molecule has 1 aromatic carbocycles. The molecular weight excluding hydrogens is 398 g/mol. The maximum Gasteiger partial charge on any atom is 0.226 e. The maximum absolute atomic E-state index is 11.8. The smallest absolute Gasteiger partial charge is 0.226 e. The highest BCUT2D eigenvalue weighted by molar-refractivity contribution is 5.90. The van der Waals surface area contributed by atoms with Crippen molar-refractivity contribution in [3.63, 3.8) is 0 Å². The minimum absolute atomic E-state index is 0. The van der Waals surface area contributed by atoms with Crippen molar-refractivity contribution in [3.8, 4) is 17.9 Å². The van der Waals surface area contributed by atoms with Crippen LogP contribution in [0.3, 0.4) is 0 Å². The summed E-state index contributed by atoms with van der Waals surface area (Å²) in [7, 11) is 0. The minimum atomic E-state index is -0.137. The number of nitrogens with two attached hydrogens (primary N) is 1. The largest absolute Gasteiger partial charge is 0.379 e. The van der Waals surface area contributed by atoms with E-state index in [0.29, 0.717) is 70.7 Å². The fraction of sp³-hybridized carbons (Fsp3) is 0.500. The molecule has 8 nitrogen and oxygen atoms in total. The molecule has 1 aromatic rings. The number of nitriles is 1. The second-order valence-electron chi connectivity index (χ2n) is 5.48. The SMILES string of the molecule is Cl.N#CC#Cc1ccc(NC(=O)CCOCCOCCOCCOCCN)cc1. The van der Waals surface area contributed by atoms with Crippen molar-refractivity contribution in [2.75, 3.05) is 64.7 Å². The van der Waals surface area contributed by atoms with Gasteiger partial charge in [-0.15, -0.1) is 12.4 Å². The zero-order chi connectivity index (χ0) is 20.3. The number of benzene rings is 1. The molecule has 0 aliphatic heterocycles. The summed E-state index contributed by atoms with van der Waals surface area (Å²) in [4.78, 5) is 11.8. The highest BCUT2D eigenvalue weighted by Gasteiger charge is 2.02. The highest BCUT2D eigenvalue weighted by Crippen LogP contribution is 2.09. The second-order valence-corrected chi connectivity index (χ2v) is 5.48. The number of hydrogen-bond acceptors (Lipinski definition) is 7. The Morgan fingerprint density at radius 3 is 1.93 bits per heavy atom. The van der Waals surface area contributed by atoms with Gasteiger partial charge in [0.2, 0.25) is 5.91 Å². The molecule has 9 heteroatoms. The first-order chi connectivity index (χ1) is 13.8. The molecular formula is C20H28ClN3O5. The Kier molecular flexibility index (Phi) is 17.7. The van der Waals surface area contributed by atoms with E-state index in [1.54, 1.807) is 30.3 Å². The molecule has 0 saturated heterocycles. The van der Waals surface area contributed by atoms with Crippen LogP contribution in [0, 0.1) is 23.2 Å². The van der Waals surface area contributed by atoms with Gasteiger partial charge < -0.3 is 30.0 Å². The van der Waals surface area contributed by atoms with E-state index in [0.717, 1.165) is 0 Å². The van der Waals surface area contributed by atoms with Gasteiger partial charge in [0.1, 0.15) is 0 Å². The number of ether oxygens (including phenoxy) is 4. The summed E-state index contributed by atoms with van der Waals surface area (Å²) < 4.78 is 21.2. The van der Waals surface area contributed by atoms with Crippen LogP contribution < -0.4 is 11.1 Å². The van der Waals surface area contributed by atoms with Gasteiger partial charge in [0.05, 0.1) is 59.3 Å². The lowest BCUT2D eigenvalue weighted by atomic mass is 10.2. The number of hydrogen-bond donors (Lipinski definition) is 2. The van der Waals surface area contributed by atoms with E-state index in [4.69, 9.17) is 29.9 Å². The van der Waals surface area contributed by atoms with Crippen LogP contribution in [0.5, 0.6) is 0 Å². The lowest BCUT2D eigenvalue weighted by molar-refractivity contribution is -0.117. The molecule has 0 bridgehead atoms. The summed E-state index contributed by atoms with van der Waals surface area (Å²) in [6.07, 6.45) is 0.252. The lowest BCUT2D eigenvalue weighted by Crippen LogP contribution is -2.16. The summed E-state index contributed by atoms with van der Waals surface area (Å²) in [5.74, 6) is 4.86. The molecule has 0 radical (unpaired) electrons. The number of nitrogens with zero attached hydrogens (tertiary/aromatic N) is 1. The molecule has 3 N–H and O–H groups in total. The average molecular weight is 426 g/mol. The summed E-state index contributed by atoms with van der Waals surface area (Å²) in [5.41, 5.74) is 6.68. The molecule has 0 spiro atoms. The van der Waals surface area contributed by atoms with Gasteiger partial charge in [-0.1, -0.05) is 5.92 Å². The van der Waals surface area contributed by atoms with Gasteiger partial charge in [-0.25, -0.2) is 0 Å². The first kappa shape index (κ1) is 26.8. The number of carbonyl (C=O) groups excluding carboxylic acids is 1. The molecule has 0 unspecified atom stereocenters. The zero-order valence-corrected chi connectivity index (χ0v) is 17.2. The van der Waals surface area contributed by atoms with E-state index in [9.17, 15) is 4.79 Å². The van der Waals surface area contributed by atoms with Gasteiger partial charge >= 0.3 is 0 Å². The van der Waals surface area contributed by atoms with Crippen molar-refractivity contribution in [2.24, 2.45) is 5.73 Å². The standard InChI is InChI=1S/C20H27N3O5.ClH/c21-8-1-2-18-3-5-19(6-4-18)23-20(24)7-10-25-12-14-27-16-17-28-15-13-26-11-9-22;/h3-6H,7,9-17,22H2,(H,23,24);1H. The van der Waals surface area contributed by atoms with Crippen molar-refractivity contribution < 1.29 is 23.7 Å². The number of anilines is 1. The molecule has 0 fully saturated rings. The van der Waals surface area contributed by atoms with Crippen molar-refractivity contribution >= 4 is 24.0 Å². The monoisotopic (exact) mass is 425 g/mol. The molecule has 0 atom stereocenters. The number of halogens is 1. The Labute approximate surface area is 178 Å². The molecule has 0 aromatic heterocycles. The van der Waals surface area contributed by atoms with Gasteiger partial charge in [0, 0.05) is 23.7 Å². The third-order valence-corrected chi connectivity index (χ3v) is 3.28. The second kappa shape index (κ2) is 19.2. The topological polar surface area (TPSA) is 116 Å². The summed E-state index contributed by atoms with van der Waals surface area (Å²) in [6, 6.07) is 8.71. The normalized spacial score (nSPS) is 9.66. The maximum atomic E-state index is 11.8. The van der Waals surface area contributed by atoms with Gasteiger partial charge in [-0.3, -0.25) is 4.79 Å². The first-order valence-corrected chi connectivity index (χ1v) is 9.07. The predicted molar refractivity (Wildman–Crippen MR) is 112 cm³/mol. The van der Waals surface area contributed by atoms with E-state index in [-0.39, 0.29) is 24.7 Å². The van der Waals surface area contributed by atoms with Crippen LogP contribution in [-0.4, -0.2) is 65.3 Å². The minimum Gasteiger partial charge on any atom is -0.379 e. The predicted octanol–water partition coefficient (Wildman–Crippen LogP) is 1.34. The van der Waals surface area contributed by atoms with Crippen LogP contribution in [0.4, 0.5) is 5.69 Å². The third-order valence-electron chi connectivity index (χ3n) is 3.28. The number of nitrogens with one attached hydrogen (secondary N) is 1. The molecule has 0 aliphatic carbocycles. The number of rotatable bonds is 15. The fourth-order valence-electron chi connectivity index (χ4n) is 1.97. The Hall–Kier alpha value is -2.17. The molecule has 1 amide bonds. The van der Waals surface area contributed by atoms with Crippen LogP contribution in [0.25, 0.3) is 0 Å². The lowest BCUT2D eigenvalue weighted by Gasteiger charge is -2.08. The van der Waals surface area contributed by atoms with Crippen LogP contribution in [0.1, 0.15) is 12.0 Å². The molecule has 0 saturated carbocycles. The quantitative estimate of drug-likeness (QED) is 0.321. The fourth-order valence-corrected chi connectivity index (χ4v) is 1.97. The van der Waals surface area contributed by atoms with E-state index in [2.05, 4.69) is 17.2 Å². The Morgan fingerprint density at radius 2 is 1.41 bits per heavy atom. The highest BCUT2D eigenvalue weighted by atomic mass is 35.5. The van der Waals surface area contributed by atoms with Crippen LogP contribution >= 0.6 is 12.4 Å². The van der Waals surface area contributed by atoms with Gasteiger partial charge in [-0.05, 0) is 24.3 Å². The third kappa shape index (κ3) is 15.4. The van der Waals surface area contributed by atoms with Crippen LogP contribution in [-0.2, 0) is 23.7 Å². The molecule has 1 rings (SSSR count). The number of carbonyl (C=O) groups is 1. The van der Waals surface area contributed by atoms with Gasteiger partial charge in [0.25, 0.3) is 0 Å². The Bertz CT molecular complexity index is 653. The van der Waals surface area contributed by atoms with Crippen LogP contribution in [0.2, 0.25) is 0 Å². The molecule has 0 aliphatic rings. The molecule has 160 valence electrons. The first-order valence-electron chi connectivity index (χ1n) is 9.07. The van der Waals surface area contributed by atoms with E-state index < -0.39 is 0 Å². The van der Waals surface area contributed by atoms with Crippen LogP contribution in [0.15, 0.2) is 24.3 Å². The van der Waals surface area contributed by atoms with Crippen molar-refractivity contribution in [1.82, 2.24) is 0 Å². The molecule has 0 heterocycles. The zero-order valence-electron chi connectivity index (χ0n) is 16.4. The van der Waals surface area contributed by atoms with Crippen molar-refractivity contribution in [1.29, 1.82) is 5.26 Å². The van der Waals surface area contributed by atoms with Crippen molar-refractivity contribution in [2.45, 2.75) is 6.42 Å². The average Bonchev–Trinajstić information content (AvgIpc) is 2.71. The Morgan fingerprint density at radius 1 is 0.897 bits per heavy atom. The van der Waals surface area contributed by atoms with Crippen molar-refractivity contribution in [3.05, 3.63) is 29.8 Å². The number of amides is 1. The summed E-state index contributed by atoms with van der Waals surface area (Å²) >= 11 is 0. The van der Waals surface area contributed by atoms with Gasteiger partial charge in [-0.2, -0.15) is 5.26 Å². The van der Waals surface area contributed by atoms with E-state index in [1.807, 2.05) is 0 Å². The summed E-state index contributed by atoms with van der Waals surface area (Å²) in [5, 5.41) is 11.2. The van der Waals surface area contributed by atoms with E-state index >= 15 is 0 Å². The Balaban J connectivity index is 0.00000784. The summed E-state index contributed by atoms with van der Waals surface area (Å²) in [6.45, 7) is 4.25.